The number of ether oxygens (including phenoxy) is 1. The molecule has 17 heavy (non-hydrogen) atoms. The Bertz CT molecular complexity index is 369. The summed E-state index contributed by atoms with van der Waals surface area (Å²) >= 11 is 9.10. The fraction of sp³-hybridized carbons (Fsp3) is 0.417. The predicted molar refractivity (Wildman–Crippen MR) is 72.5 cm³/mol. The van der Waals surface area contributed by atoms with Crippen LogP contribution in [0.3, 0.4) is 0 Å². The van der Waals surface area contributed by atoms with Crippen LogP contribution in [0.4, 0.5) is 0 Å². The van der Waals surface area contributed by atoms with E-state index in [2.05, 4.69) is 20.7 Å². The Balaban J connectivity index is 2.46. The van der Waals surface area contributed by atoms with E-state index in [1.165, 1.54) is 7.11 Å². The molecule has 1 aromatic carbocycles. The van der Waals surface area contributed by atoms with E-state index in [1.807, 2.05) is 36.2 Å². The van der Waals surface area contributed by atoms with Gasteiger partial charge in [-0.05, 0) is 24.7 Å². The number of esters is 1. The van der Waals surface area contributed by atoms with Gasteiger partial charge in [0.25, 0.3) is 0 Å². The summed E-state index contributed by atoms with van der Waals surface area (Å²) in [5, 5.41) is 0.726. The maximum atomic E-state index is 11.2. The predicted octanol–water partition coefficient (Wildman–Crippen LogP) is 2.71. The Morgan fingerprint density at radius 1 is 1.47 bits per heavy atom. The first-order valence-corrected chi connectivity index (χ1v) is 6.47. The molecule has 1 rings (SSSR count). The molecule has 0 spiro atoms. The van der Waals surface area contributed by atoms with Crippen LogP contribution in [0, 0.1) is 0 Å². The Labute approximate surface area is 115 Å². The second-order valence-corrected chi connectivity index (χ2v) is 5.36. The molecule has 0 radical (unpaired) electrons. The SMILES string of the molecule is COC(=O)C(Br)CN(C)Cc1ccc(Cl)cc1. The number of hydrogen-bond acceptors (Lipinski definition) is 3. The monoisotopic (exact) mass is 319 g/mol. The zero-order valence-corrected chi connectivity index (χ0v) is 12.2. The van der Waals surface area contributed by atoms with Gasteiger partial charge < -0.3 is 9.64 Å². The standard InChI is InChI=1S/C12H15BrClNO2/c1-15(8-11(13)12(16)17-2)7-9-3-5-10(14)6-4-9/h3-6,11H,7-8H2,1-2H3. The van der Waals surface area contributed by atoms with Crippen LogP contribution in [-0.4, -0.2) is 36.4 Å². The Morgan fingerprint density at radius 2 is 2.06 bits per heavy atom. The molecule has 1 unspecified atom stereocenters. The number of carbonyl (C=O) groups excluding carboxylic acids is 1. The van der Waals surface area contributed by atoms with Gasteiger partial charge in [-0.3, -0.25) is 4.79 Å². The quantitative estimate of drug-likeness (QED) is 0.617. The van der Waals surface area contributed by atoms with Gasteiger partial charge in [0.1, 0.15) is 4.83 Å². The van der Waals surface area contributed by atoms with E-state index in [-0.39, 0.29) is 10.8 Å². The van der Waals surface area contributed by atoms with Crippen molar-refractivity contribution in [1.82, 2.24) is 4.90 Å². The summed E-state index contributed by atoms with van der Waals surface area (Å²) in [7, 11) is 3.33. The highest BCUT2D eigenvalue weighted by atomic mass is 79.9. The van der Waals surface area contributed by atoms with Crippen molar-refractivity contribution in [3.05, 3.63) is 34.9 Å². The van der Waals surface area contributed by atoms with Crippen molar-refractivity contribution in [3.63, 3.8) is 0 Å². The van der Waals surface area contributed by atoms with Crippen molar-refractivity contribution in [1.29, 1.82) is 0 Å². The van der Waals surface area contributed by atoms with Gasteiger partial charge in [-0.2, -0.15) is 0 Å². The van der Waals surface area contributed by atoms with E-state index < -0.39 is 0 Å². The van der Waals surface area contributed by atoms with E-state index in [1.54, 1.807) is 0 Å². The molecule has 0 fully saturated rings. The van der Waals surface area contributed by atoms with Crippen molar-refractivity contribution in [2.75, 3.05) is 20.7 Å². The summed E-state index contributed by atoms with van der Waals surface area (Å²) in [5.74, 6) is -0.257. The third-order valence-corrected chi connectivity index (χ3v) is 3.21. The number of carbonyl (C=O) groups is 1. The minimum Gasteiger partial charge on any atom is -0.468 e. The summed E-state index contributed by atoms with van der Waals surface area (Å²) in [5.41, 5.74) is 1.15. The lowest BCUT2D eigenvalue weighted by Crippen LogP contribution is -2.31. The average molecular weight is 321 g/mol. The van der Waals surface area contributed by atoms with Crippen LogP contribution in [0.2, 0.25) is 5.02 Å². The number of nitrogens with zero attached hydrogens (tertiary/aromatic N) is 1. The summed E-state index contributed by atoms with van der Waals surface area (Å²) < 4.78 is 4.65. The van der Waals surface area contributed by atoms with Crippen LogP contribution < -0.4 is 0 Å². The largest absolute Gasteiger partial charge is 0.468 e. The molecular weight excluding hydrogens is 305 g/mol. The number of benzene rings is 1. The first-order chi connectivity index (χ1) is 8.02. The Kier molecular flexibility index (Phi) is 5.95. The van der Waals surface area contributed by atoms with Gasteiger partial charge in [0.05, 0.1) is 7.11 Å². The van der Waals surface area contributed by atoms with Crippen LogP contribution in [-0.2, 0) is 16.1 Å². The number of alkyl halides is 1. The molecule has 0 aliphatic carbocycles. The van der Waals surface area contributed by atoms with Gasteiger partial charge >= 0.3 is 5.97 Å². The van der Waals surface area contributed by atoms with Gasteiger partial charge in [-0.25, -0.2) is 0 Å². The molecular formula is C12H15BrClNO2. The van der Waals surface area contributed by atoms with Gasteiger partial charge in [0.15, 0.2) is 0 Å². The fourth-order valence-corrected chi connectivity index (χ4v) is 2.25. The minimum atomic E-state index is -0.301. The molecule has 0 aliphatic heterocycles. The summed E-state index contributed by atoms with van der Waals surface area (Å²) in [6, 6.07) is 7.66. The number of hydrogen-bond donors (Lipinski definition) is 0. The first kappa shape index (κ1) is 14.5. The van der Waals surface area contributed by atoms with E-state index in [0.717, 1.165) is 17.1 Å². The van der Waals surface area contributed by atoms with E-state index >= 15 is 0 Å². The fourth-order valence-electron chi connectivity index (χ4n) is 1.44. The van der Waals surface area contributed by atoms with Crippen molar-refractivity contribution >= 4 is 33.5 Å². The molecule has 94 valence electrons. The molecule has 0 bridgehead atoms. The second kappa shape index (κ2) is 6.99. The lowest BCUT2D eigenvalue weighted by molar-refractivity contribution is -0.140. The van der Waals surface area contributed by atoms with Crippen LogP contribution in [0.5, 0.6) is 0 Å². The average Bonchev–Trinajstić information content (AvgIpc) is 2.30. The molecule has 1 aromatic rings. The Morgan fingerprint density at radius 3 is 2.59 bits per heavy atom. The molecule has 0 aromatic heterocycles. The highest BCUT2D eigenvalue weighted by molar-refractivity contribution is 9.10. The topological polar surface area (TPSA) is 29.5 Å². The normalized spacial score (nSPS) is 12.5. The zero-order chi connectivity index (χ0) is 12.8. The molecule has 0 saturated heterocycles. The van der Waals surface area contributed by atoms with Crippen molar-refractivity contribution < 1.29 is 9.53 Å². The zero-order valence-electron chi connectivity index (χ0n) is 9.82. The van der Waals surface area contributed by atoms with Crippen LogP contribution >= 0.6 is 27.5 Å². The third-order valence-electron chi connectivity index (χ3n) is 2.29. The lowest BCUT2D eigenvalue weighted by atomic mass is 10.2. The molecule has 0 aliphatic rings. The summed E-state index contributed by atoms with van der Waals surface area (Å²) in [6.07, 6.45) is 0. The van der Waals surface area contributed by atoms with Gasteiger partial charge in [0, 0.05) is 18.1 Å². The van der Waals surface area contributed by atoms with Crippen molar-refractivity contribution in [3.8, 4) is 0 Å². The summed E-state index contributed by atoms with van der Waals surface area (Å²) in [6.45, 7) is 1.35. The van der Waals surface area contributed by atoms with Crippen LogP contribution in [0.15, 0.2) is 24.3 Å². The van der Waals surface area contributed by atoms with Gasteiger partial charge in [-0.1, -0.05) is 39.7 Å². The second-order valence-electron chi connectivity index (χ2n) is 3.81. The van der Waals surface area contributed by atoms with E-state index in [9.17, 15) is 4.79 Å². The van der Waals surface area contributed by atoms with Gasteiger partial charge in [0.2, 0.25) is 0 Å². The van der Waals surface area contributed by atoms with Crippen molar-refractivity contribution in [2.24, 2.45) is 0 Å². The highest BCUT2D eigenvalue weighted by Gasteiger charge is 2.17. The van der Waals surface area contributed by atoms with Gasteiger partial charge in [-0.15, -0.1) is 0 Å². The molecule has 0 amide bonds. The molecule has 0 N–H and O–H groups in total. The maximum absolute atomic E-state index is 11.2. The Hall–Kier alpha value is -0.580. The smallest absolute Gasteiger partial charge is 0.320 e. The lowest BCUT2D eigenvalue weighted by Gasteiger charge is -2.19. The minimum absolute atomic E-state index is 0.257. The summed E-state index contributed by atoms with van der Waals surface area (Å²) in [4.78, 5) is 13.0. The highest BCUT2D eigenvalue weighted by Crippen LogP contribution is 2.12. The first-order valence-electron chi connectivity index (χ1n) is 5.18. The third kappa shape index (κ3) is 5.06. The maximum Gasteiger partial charge on any atom is 0.320 e. The molecule has 3 nitrogen and oxygen atoms in total. The number of methoxy groups -OCH3 is 1. The van der Waals surface area contributed by atoms with E-state index in [4.69, 9.17) is 11.6 Å². The molecule has 5 heteroatoms. The van der Waals surface area contributed by atoms with E-state index in [0.29, 0.717) is 6.54 Å². The number of rotatable bonds is 5. The molecule has 0 heterocycles. The molecule has 1 atom stereocenters. The van der Waals surface area contributed by atoms with Crippen LogP contribution in [0.1, 0.15) is 5.56 Å². The molecule has 0 saturated carbocycles. The number of halogens is 2. The van der Waals surface area contributed by atoms with Crippen LogP contribution in [0.25, 0.3) is 0 Å². The van der Waals surface area contributed by atoms with Crippen molar-refractivity contribution in [2.45, 2.75) is 11.4 Å².